The monoisotopic (exact) mass is 564 g/mol. The van der Waals surface area contributed by atoms with E-state index < -0.39 is 39.0 Å². The minimum Gasteiger partial charge on any atom is -0.342 e. The van der Waals surface area contributed by atoms with E-state index in [0.717, 1.165) is 0 Å². The first-order chi connectivity index (χ1) is 16.5. The molecule has 2 heterocycles. The Morgan fingerprint density at radius 1 is 0.971 bits per heavy atom. The molecule has 0 aromatic heterocycles. The maximum atomic E-state index is 13.6. The standard InChI is InChI=1S/C18H34N2O12P2S/c1-7-25-29-33(23,30-26-8-2)14(34(24,31-27-9-3)32-28-10-4)11-13(21)19-15-16(22)20-12-18(5,6)35-17(15)20/h14-15,17H,7-12H2,1-6H3,(H,19,21). The van der Waals surface area contributed by atoms with Gasteiger partial charge in [-0.3, -0.25) is 18.7 Å². The Morgan fingerprint density at radius 3 is 1.80 bits per heavy atom. The highest BCUT2D eigenvalue weighted by atomic mass is 32.2. The number of hydrogen-bond acceptors (Lipinski definition) is 13. The Bertz CT molecular complexity index is 773. The van der Waals surface area contributed by atoms with E-state index in [-0.39, 0.29) is 42.5 Å². The van der Waals surface area contributed by atoms with Crippen LogP contribution in [-0.2, 0) is 57.0 Å². The van der Waals surface area contributed by atoms with Gasteiger partial charge in [-0.2, -0.15) is 0 Å². The summed E-state index contributed by atoms with van der Waals surface area (Å²) in [5.41, 5.74) is 0. The summed E-state index contributed by atoms with van der Waals surface area (Å²) in [4.78, 5) is 46.4. The lowest BCUT2D eigenvalue weighted by Gasteiger charge is -2.41. The van der Waals surface area contributed by atoms with Gasteiger partial charge >= 0.3 is 15.2 Å². The molecule has 14 nitrogen and oxygen atoms in total. The van der Waals surface area contributed by atoms with Crippen molar-refractivity contribution in [1.82, 2.24) is 10.2 Å². The van der Waals surface area contributed by atoms with Gasteiger partial charge in [-0.05, 0) is 41.5 Å². The molecule has 17 heteroatoms. The fraction of sp³-hybridized carbons (Fsp3) is 0.889. The number of rotatable bonds is 17. The molecule has 2 atom stereocenters. The topological polar surface area (TPSA) is 157 Å². The van der Waals surface area contributed by atoms with Crippen molar-refractivity contribution in [3.8, 4) is 0 Å². The van der Waals surface area contributed by atoms with E-state index in [1.807, 2.05) is 13.8 Å². The third-order valence-corrected chi connectivity index (χ3v) is 11.0. The number of carbonyl (C=O) groups is 2. The first-order valence-corrected chi connectivity index (χ1v) is 15.3. The van der Waals surface area contributed by atoms with Crippen LogP contribution in [0, 0.1) is 0 Å². The van der Waals surface area contributed by atoms with Gasteiger partial charge < -0.3 is 10.2 Å². The number of amides is 2. The Balaban J connectivity index is 2.31. The molecular formula is C18H34N2O12P2S. The minimum atomic E-state index is -4.69. The number of fused-ring (bicyclic) bond motifs is 1. The number of carbonyl (C=O) groups excluding carboxylic acids is 2. The number of β-lactam (4-membered cyclic amide) rings is 1. The van der Waals surface area contributed by atoms with Crippen molar-refractivity contribution < 1.29 is 57.0 Å². The fourth-order valence-electron chi connectivity index (χ4n) is 3.25. The molecule has 0 radical (unpaired) electrons. The van der Waals surface area contributed by atoms with Gasteiger partial charge in [0.1, 0.15) is 11.4 Å². The lowest BCUT2D eigenvalue weighted by molar-refractivity contribution is -0.272. The van der Waals surface area contributed by atoms with E-state index in [2.05, 4.69) is 5.32 Å². The zero-order valence-corrected chi connectivity index (χ0v) is 23.2. The molecule has 0 aromatic rings. The molecule has 0 aliphatic carbocycles. The Hall–Kier alpha value is -0.570. The van der Waals surface area contributed by atoms with Crippen LogP contribution in [-0.4, -0.2) is 71.2 Å². The van der Waals surface area contributed by atoms with Crippen LogP contribution in [0.15, 0.2) is 0 Å². The first-order valence-electron chi connectivity index (χ1n) is 11.2. The molecule has 1 N–H and O–H groups in total. The van der Waals surface area contributed by atoms with Crippen molar-refractivity contribution in [2.45, 2.75) is 69.5 Å². The van der Waals surface area contributed by atoms with Crippen LogP contribution >= 0.6 is 27.0 Å². The average molecular weight is 564 g/mol. The zero-order valence-electron chi connectivity index (χ0n) is 20.6. The van der Waals surface area contributed by atoms with Gasteiger partial charge in [-0.1, -0.05) is 0 Å². The highest BCUT2D eigenvalue weighted by Gasteiger charge is 2.59. The molecule has 2 aliphatic heterocycles. The van der Waals surface area contributed by atoms with Gasteiger partial charge in [0.25, 0.3) is 0 Å². The summed E-state index contributed by atoms with van der Waals surface area (Å²) in [5, 5.41) is 0.403. The molecule has 0 bridgehead atoms. The van der Waals surface area contributed by atoms with Gasteiger partial charge in [0, 0.05) is 11.3 Å². The second-order valence-corrected chi connectivity index (χ2v) is 14.2. The van der Waals surface area contributed by atoms with E-state index in [4.69, 9.17) is 38.2 Å². The number of thioether (sulfide) groups is 1. The summed E-state index contributed by atoms with van der Waals surface area (Å²) in [5.74, 6) is -1.05. The predicted octanol–water partition coefficient (Wildman–Crippen LogP) is 3.14. The molecular weight excluding hydrogens is 530 g/mol. The molecule has 35 heavy (non-hydrogen) atoms. The molecule has 2 unspecified atom stereocenters. The summed E-state index contributed by atoms with van der Waals surface area (Å²) >= 11 is 1.55. The van der Waals surface area contributed by atoms with E-state index in [0.29, 0.717) is 6.54 Å². The van der Waals surface area contributed by atoms with Crippen LogP contribution < -0.4 is 5.32 Å². The maximum absolute atomic E-state index is 13.6. The lowest BCUT2D eigenvalue weighted by Crippen LogP contribution is -2.67. The summed E-state index contributed by atoms with van der Waals surface area (Å²) in [7, 11) is -9.38. The van der Waals surface area contributed by atoms with Crippen molar-refractivity contribution in [1.29, 1.82) is 0 Å². The maximum Gasteiger partial charge on any atom is 0.399 e. The minimum absolute atomic E-state index is 0.0670. The molecule has 2 saturated heterocycles. The summed E-state index contributed by atoms with van der Waals surface area (Å²) in [6, 6.07) is -0.810. The molecule has 0 saturated carbocycles. The molecule has 2 aliphatic rings. The van der Waals surface area contributed by atoms with E-state index in [1.165, 1.54) is 27.7 Å². The van der Waals surface area contributed by atoms with E-state index in [9.17, 15) is 18.7 Å². The molecule has 2 rings (SSSR count). The van der Waals surface area contributed by atoms with Crippen molar-refractivity contribution in [3.05, 3.63) is 0 Å². The lowest BCUT2D eigenvalue weighted by atomic mass is 10.0. The van der Waals surface area contributed by atoms with Crippen LogP contribution in [0.4, 0.5) is 0 Å². The number of hydrogen-bond donors (Lipinski definition) is 1. The Kier molecular flexibility index (Phi) is 11.6. The van der Waals surface area contributed by atoms with Crippen LogP contribution in [0.3, 0.4) is 0 Å². The smallest absolute Gasteiger partial charge is 0.342 e. The second-order valence-electron chi connectivity index (χ2n) is 7.97. The molecule has 204 valence electrons. The van der Waals surface area contributed by atoms with Crippen LogP contribution in [0.1, 0.15) is 48.0 Å². The summed E-state index contributed by atoms with van der Waals surface area (Å²) in [6.45, 7) is 10.4. The van der Waals surface area contributed by atoms with Crippen molar-refractivity contribution in [3.63, 3.8) is 0 Å². The molecule has 2 fully saturated rings. The normalized spacial score (nSPS) is 21.8. The third-order valence-electron chi connectivity index (χ3n) is 4.64. The Morgan fingerprint density at radius 2 is 1.40 bits per heavy atom. The molecule has 0 aromatic carbocycles. The van der Waals surface area contributed by atoms with Gasteiger partial charge in [0.2, 0.25) is 11.8 Å². The van der Waals surface area contributed by atoms with Crippen molar-refractivity contribution in [2.75, 3.05) is 33.0 Å². The summed E-state index contributed by atoms with van der Waals surface area (Å²) in [6.07, 6.45) is -0.792. The van der Waals surface area contributed by atoms with Crippen molar-refractivity contribution >= 4 is 38.8 Å². The highest BCUT2D eigenvalue weighted by Crippen LogP contribution is 2.72. The molecule has 0 spiro atoms. The quantitative estimate of drug-likeness (QED) is 0.119. The number of nitrogens with one attached hydrogen (secondary N) is 1. The van der Waals surface area contributed by atoms with Gasteiger partial charge in [0.05, 0.1) is 32.8 Å². The van der Waals surface area contributed by atoms with Gasteiger partial charge in [-0.25, -0.2) is 19.6 Å². The van der Waals surface area contributed by atoms with Crippen molar-refractivity contribution in [2.24, 2.45) is 0 Å². The zero-order chi connectivity index (χ0) is 26.3. The van der Waals surface area contributed by atoms with Crippen LogP contribution in [0.2, 0.25) is 0 Å². The SMILES string of the molecule is CCOOP(=O)(OOCC)C(CC(=O)NC1C(=O)N2CC(C)(C)SC12)P(=O)(OOCC)OOCC. The van der Waals surface area contributed by atoms with Crippen LogP contribution in [0.25, 0.3) is 0 Å². The summed E-state index contributed by atoms with van der Waals surface area (Å²) < 4.78 is 46.8. The van der Waals surface area contributed by atoms with Gasteiger partial charge in [-0.15, -0.1) is 30.5 Å². The average Bonchev–Trinajstić information content (AvgIpc) is 3.12. The highest BCUT2D eigenvalue weighted by molar-refractivity contribution is 8.01. The second kappa shape index (κ2) is 13.3. The van der Waals surface area contributed by atoms with Crippen LogP contribution in [0.5, 0.6) is 0 Å². The third kappa shape index (κ3) is 7.71. The number of nitrogens with zero attached hydrogens (tertiary/aromatic N) is 1. The van der Waals surface area contributed by atoms with E-state index in [1.54, 1.807) is 16.7 Å². The molecule has 2 amide bonds. The van der Waals surface area contributed by atoms with E-state index >= 15 is 0 Å². The van der Waals surface area contributed by atoms with Gasteiger partial charge in [0.15, 0.2) is 5.40 Å². The predicted molar refractivity (Wildman–Crippen MR) is 124 cm³/mol. The fourth-order valence-corrected chi connectivity index (χ4v) is 8.83. The Labute approximate surface area is 208 Å². The first kappa shape index (κ1) is 30.7. The largest absolute Gasteiger partial charge is 0.399 e.